The molecule has 5 rings (SSSR count). The second-order valence-corrected chi connectivity index (χ2v) is 7.41. The molecule has 1 heteroatoms. The third kappa shape index (κ3) is 2.54. The number of rotatable bonds is 2. The average Bonchev–Trinajstić information content (AvgIpc) is 2.73. The van der Waals surface area contributed by atoms with Crippen LogP contribution < -0.4 is 4.74 Å². The Labute approximate surface area is 160 Å². The lowest BCUT2D eigenvalue weighted by Gasteiger charge is -2.34. The molecule has 2 unspecified atom stereocenters. The first-order valence-corrected chi connectivity index (χ1v) is 9.49. The van der Waals surface area contributed by atoms with Crippen molar-refractivity contribution >= 4 is 16.8 Å². The molecular weight excluding hydrogens is 328 g/mol. The zero-order valence-corrected chi connectivity index (χ0v) is 15.6. The summed E-state index contributed by atoms with van der Waals surface area (Å²) in [7, 11) is 1.72. The number of fused-ring (bicyclic) bond motifs is 4. The third-order valence-electron chi connectivity index (χ3n) is 5.91. The Bertz CT molecular complexity index is 1110. The van der Waals surface area contributed by atoms with E-state index in [1.165, 1.54) is 38.6 Å². The van der Waals surface area contributed by atoms with E-state index in [1.807, 2.05) is 0 Å². The molecule has 3 aromatic carbocycles. The van der Waals surface area contributed by atoms with Crippen molar-refractivity contribution in [1.82, 2.24) is 0 Å². The highest BCUT2D eigenvalue weighted by molar-refractivity contribution is 5.96. The first-order chi connectivity index (χ1) is 13.3. The molecule has 0 saturated heterocycles. The van der Waals surface area contributed by atoms with Crippen LogP contribution in [0.4, 0.5) is 0 Å². The molecule has 2 atom stereocenters. The molecule has 0 aromatic heterocycles. The fourth-order valence-corrected chi connectivity index (χ4v) is 4.60. The SMILES string of the molecule is COc1ccc(C2c3cc(C)c4ccccc4c3C=C3C=CC=CC32)cc1. The molecule has 0 bridgehead atoms. The number of aryl methyl sites for hydroxylation is 1. The maximum atomic E-state index is 5.37. The van der Waals surface area contributed by atoms with E-state index in [0.717, 1.165) is 5.75 Å². The lowest BCUT2D eigenvalue weighted by Crippen LogP contribution is -2.20. The maximum absolute atomic E-state index is 5.37. The van der Waals surface area contributed by atoms with Crippen molar-refractivity contribution < 1.29 is 4.74 Å². The zero-order valence-electron chi connectivity index (χ0n) is 15.6. The molecule has 27 heavy (non-hydrogen) atoms. The normalized spacial score (nSPS) is 20.1. The average molecular weight is 350 g/mol. The number of hydrogen-bond acceptors (Lipinski definition) is 1. The van der Waals surface area contributed by atoms with E-state index in [4.69, 9.17) is 4.74 Å². The van der Waals surface area contributed by atoms with Gasteiger partial charge in [-0.2, -0.15) is 0 Å². The highest BCUT2D eigenvalue weighted by Gasteiger charge is 2.32. The van der Waals surface area contributed by atoms with E-state index in [0.29, 0.717) is 11.8 Å². The van der Waals surface area contributed by atoms with Gasteiger partial charge in [0.2, 0.25) is 0 Å². The molecular formula is C26H22O. The second-order valence-electron chi connectivity index (χ2n) is 7.41. The van der Waals surface area contributed by atoms with Gasteiger partial charge in [0.1, 0.15) is 5.75 Å². The van der Waals surface area contributed by atoms with E-state index in [1.54, 1.807) is 7.11 Å². The standard InChI is InChI=1S/C26H22O/c1-17-15-25-24(23-10-6-5-8-21(17)23)16-19-7-3-4-9-22(19)26(25)18-11-13-20(27-2)14-12-18/h3-16,22,26H,1-2H3. The van der Waals surface area contributed by atoms with Gasteiger partial charge in [-0.15, -0.1) is 0 Å². The van der Waals surface area contributed by atoms with E-state index < -0.39 is 0 Å². The Balaban J connectivity index is 1.79. The van der Waals surface area contributed by atoms with Gasteiger partial charge in [0.25, 0.3) is 0 Å². The minimum atomic E-state index is 0.315. The lowest BCUT2D eigenvalue weighted by atomic mass is 9.69. The largest absolute Gasteiger partial charge is 0.497 e. The molecule has 3 aromatic rings. The summed E-state index contributed by atoms with van der Waals surface area (Å²) in [4.78, 5) is 0. The number of hydrogen-bond donors (Lipinski definition) is 0. The van der Waals surface area contributed by atoms with Crippen LogP contribution in [0.5, 0.6) is 5.75 Å². The Morgan fingerprint density at radius 1 is 0.889 bits per heavy atom. The summed E-state index contributed by atoms with van der Waals surface area (Å²) in [6.45, 7) is 2.23. The van der Waals surface area contributed by atoms with Gasteiger partial charge in [-0.25, -0.2) is 0 Å². The van der Waals surface area contributed by atoms with Crippen molar-refractivity contribution in [2.24, 2.45) is 5.92 Å². The van der Waals surface area contributed by atoms with Crippen molar-refractivity contribution in [3.63, 3.8) is 0 Å². The van der Waals surface area contributed by atoms with Gasteiger partial charge in [-0.05, 0) is 57.7 Å². The Morgan fingerprint density at radius 2 is 1.67 bits per heavy atom. The van der Waals surface area contributed by atoms with E-state index in [-0.39, 0.29) is 0 Å². The van der Waals surface area contributed by atoms with E-state index >= 15 is 0 Å². The molecule has 0 N–H and O–H groups in total. The predicted molar refractivity (Wildman–Crippen MR) is 113 cm³/mol. The van der Waals surface area contributed by atoms with Gasteiger partial charge in [0.15, 0.2) is 0 Å². The highest BCUT2D eigenvalue weighted by Crippen LogP contribution is 2.47. The number of benzene rings is 3. The first kappa shape index (κ1) is 16.1. The van der Waals surface area contributed by atoms with Crippen molar-refractivity contribution in [3.05, 3.63) is 107 Å². The minimum absolute atomic E-state index is 0.315. The fourth-order valence-electron chi connectivity index (χ4n) is 4.60. The fraction of sp³-hybridized carbons (Fsp3) is 0.154. The Morgan fingerprint density at radius 3 is 2.44 bits per heavy atom. The molecule has 0 aliphatic heterocycles. The van der Waals surface area contributed by atoms with Crippen molar-refractivity contribution in [1.29, 1.82) is 0 Å². The highest BCUT2D eigenvalue weighted by atomic mass is 16.5. The number of methoxy groups -OCH3 is 1. The van der Waals surface area contributed by atoms with Crippen molar-refractivity contribution in [2.75, 3.05) is 7.11 Å². The summed E-state index contributed by atoms with van der Waals surface area (Å²) in [5, 5.41) is 2.69. The van der Waals surface area contributed by atoms with Gasteiger partial charge >= 0.3 is 0 Å². The number of allylic oxidation sites excluding steroid dienone is 5. The first-order valence-electron chi connectivity index (χ1n) is 9.49. The van der Waals surface area contributed by atoms with Crippen LogP contribution in [0.1, 0.15) is 28.2 Å². The summed E-state index contributed by atoms with van der Waals surface area (Å²) < 4.78 is 5.37. The molecule has 2 aliphatic rings. The molecule has 0 radical (unpaired) electrons. The molecule has 0 heterocycles. The topological polar surface area (TPSA) is 9.23 Å². The van der Waals surface area contributed by atoms with Crippen LogP contribution in [0.3, 0.4) is 0 Å². The summed E-state index contributed by atoms with van der Waals surface area (Å²) in [5.74, 6) is 1.59. The van der Waals surface area contributed by atoms with Crippen molar-refractivity contribution in [2.45, 2.75) is 12.8 Å². The number of ether oxygens (including phenoxy) is 1. The quantitative estimate of drug-likeness (QED) is 0.517. The van der Waals surface area contributed by atoms with Crippen LogP contribution in [0.25, 0.3) is 16.8 Å². The Hall–Kier alpha value is -3.06. The predicted octanol–water partition coefficient (Wildman–Crippen LogP) is 6.43. The van der Waals surface area contributed by atoms with Crippen LogP contribution in [0.15, 0.2) is 84.5 Å². The molecule has 0 spiro atoms. The maximum Gasteiger partial charge on any atom is 0.118 e. The van der Waals surface area contributed by atoms with Gasteiger partial charge in [-0.3, -0.25) is 0 Å². The van der Waals surface area contributed by atoms with Crippen LogP contribution in [-0.4, -0.2) is 7.11 Å². The molecule has 132 valence electrons. The minimum Gasteiger partial charge on any atom is -0.497 e. The Kier molecular flexibility index (Phi) is 3.75. The van der Waals surface area contributed by atoms with E-state index in [2.05, 4.69) is 91.9 Å². The van der Waals surface area contributed by atoms with Crippen LogP contribution in [-0.2, 0) is 0 Å². The van der Waals surface area contributed by atoms with Gasteiger partial charge < -0.3 is 4.74 Å². The summed E-state index contributed by atoms with van der Waals surface area (Å²) in [6.07, 6.45) is 11.3. The van der Waals surface area contributed by atoms with Gasteiger partial charge in [0.05, 0.1) is 7.11 Å². The summed E-state index contributed by atoms with van der Waals surface area (Å²) >= 11 is 0. The van der Waals surface area contributed by atoms with Gasteiger partial charge in [0, 0.05) is 11.8 Å². The van der Waals surface area contributed by atoms with Crippen molar-refractivity contribution in [3.8, 4) is 5.75 Å². The monoisotopic (exact) mass is 350 g/mol. The summed E-state index contributed by atoms with van der Waals surface area (Å²) in [6, 6.07) is 19.7. The molecule has 2 aliphatic carbocycles. The van der Waals surface area contributed by atoms with Crippen LogP contribution >= 0.6 is 0 Å². The van der Waals surface area contributed by atoms with Crippen LogP contribution in [0, 0.1) is 12.8 Å². The molecule has 0 amide bonds. The second kappa shape index (κ2) is 6.28. The van der Waals surface area contributed by atoms with E-state index in [9.17, 15) is 0 Å². The molecule has 0 saturated carbocycles. The lowest BCUT2D eigenvalue weighted by molar-refractivity contribution is 0.414. The summed E-state index contributed by atoms with van der Waals surface area (Å²) in [5.41, 5.74) is 6.85. The third-order valence-corrected chi connectivity index (χ3v) is 5.91. The zero-order chi connectivity index (χ0) is 18.4. The molecule has 0 fully saturated rings. The molecule has 1 nitrogen and oxygen atoms in total. The smallest absolute Gasteiger partial charge is 0.118 e. The van der Waals surface area contributed by atoms with Gasteiger partial charge in [-0.1, -0.05) is 72.8 Å². The van der Waals surface area contributed by atoms with Crippen LogP contribution in [0.2, 0.25) is 0 Å².